The number of rotatable bonds is 5. The van der Waals surface area contributed by atoms with Crippen molar-refractivity contribution < 1.29 is 9.53 Å². The normalized spacial score (nSPS) is 14.7. The second-order valence-corrected chi connectivity index (χ2v) is 6.61. The van der Waals surface area contributed by atoms with Crippen molar-refractivity contribution in [3.05, 3.63) is 64.1 Å². The highest BCUT2D eigenvalue weighted by molar-refractivity contribution is 9.10. The monoisotopic (exact) mass is 373 g/mol. The predicted octanol–water partition coefficient (Wildman–Crippen LogP) is 4.10. The molecule has 2 aromatic rings. The standard InChI is InChI=1S/C19H20BrNO2/c20-17-6-1-15(2-7-17)3-10-19(22)16-4-8-18(9-5-16)21-11-13-23-14-12-21/h1-2,4-9H,3,10-14H2. The maximum atomic E-state index is 12.3. The van der Waals surface area contributed by atoms with Crippen LogP contribution < -0.4 is 4.90 Å². The average molecular weight is 374 g/mol. The quantitative estimate of drug-likeness (QED) is 0.738. The molecule has 0 bridgehead atoms. The van der Waals surface area contributed by atoms with Crippen LogP contribution in [0.1, 0.15) is 22.3 Å². The Balaban J connectivity index is 1.57. The van der Waals surface area contributed by atoms with Gasteiger partial charge in [0.05, 0.1) is 13.2 Å². The number of Topliss-reactive ketones (excluding diaryl/α,β-unsaturated/α-hetero) is 1. The summed E-state index contributed by atoms with van der Waals surface area (Å²) in [5.74, 6) is 0.196. The van der Waals surface area contributed by atoms with Gasteiger partial charge in [0.2, 0.25) is 0 Å². The molecule has 0 amide bonds. The number of hydrogen-bond donors (Lipinski definition) is 0. The summed E-state index contributed by atoms with van der Waals surface area (Å²) in [6.07, 6.45) is 1.32. The Hall–Kier alpha value is -1.65. The summed E-state index contributed by atoms with van der Waals surface area (Å²) in [4.78, 5) is 14.6. The van der Waals surface area contributed by atoms with Crippen LogP contribution >= 0.6 is 15.9 Å². The van der Waals surface area contributed by atoms with E-state index in [1.807, 2.05) is 36.4 Å². The van der Waals surface area contributed by atoms with Gasteiger partial charge in [-0.15, -0.1) is 0 Å². The van der Waals surface area contributed by atoms with E-state index in [0.717, 1.165) is 48.4 Å². The lowest BCUT2D eigenvalue weighted by atomic mass is 10.0. The van der Waals surface area contributed by atoms with E-state index in [9.17, 15) is 4.79 Å². The predicted molar refractivity (Wildman–Crippen MR) is 96.3 cm³/mol. The molecule has 1 aliphatic rings. The third kappa shape index (κ3) is 4.43. The van der Waals surface area contributed by atoms with Crippen molar-refractivity contribution in [2.45, 2.75) is 12.8 Å². The number of carbonyl (C=O) groups excluding carboxylic acids is 1. The van der Waals surface area contributed by atoms with E-state index in [0.29, 0.717) is 6.42 Å². The molecule has 0 aliphatic carbocycles. The number of carbonyl (C=O) groups is 1. The lowest BCUT2D eigenvalue weighted by molar-refractivity contribution is 0.0982. The minimum Gasteiger partial charge on any atom is -0.378 e. The molecule has 0 saturated carbocycles. The maximum Gasteiger partial charge on any atom is 0.163 e. The lowest BCUT2D eigenvalue weighted by Crippen LogP contribution is -2.36. The van der Waals surface area contributed by atoms with Gasteiger partial charge in [-0.2, -0.15) is 0 Å². The zero-order chi connectivity index (χ0) is 16.1. The Morgan fingerprint density at radius 2 is 1.65 bits per heavy atom. The van der Waals surface area contributed by atoms with E-state index >= 15 is 0 Å². The fourth-order valence-corrected chi connectivity index (χ4v) is 3.00. The second-order valence-electron chi connectivity index (χ2n) is 5.70. The summed E-state index contributed by atoms with van der Waals surface area (Å²) in [7, 11) is 0. The van der Waals surface area contributed by atoms with E-state index < -0.39 is 0 Å². The maximum absolute atomic E-state index is 12.3. The lowest BCUT2D eigenvalue weighted by Gasteiger charge is -2.28. The van der Waals surface area contributed by atoms with Gasteiger partial charge < -0.3 is 9.64 Å². The molecule has 0 unspecified atom stereocenters. The summed E-state index contributed by atoms with van der Waals surface area (Å²) in [6, 6.07) is 16.1. The van der Waals surface area contributed by atoms with Crippen LogP contribution in [0.25, 0.3) is 0 Å². The zero-order valence-electron chi connectivity index (χ0n) is 13.0. The van der Waals surface area contributed by atoms with E-state index in [4.69, 9.17) is 4.74 Å². The van der Waals surface area contributed by atoms with Gasteiger partial charge in [-0.1, -0.05) is 28.1 Å². The molecule has 3 nitrogen and oxygen atoms in total. The van der Waals surface area contributed by atoms with Gasteiger partial charge in [-0.05, 0) is 48.4 Å². The number of nitrogens with zero attached hydrogens (tertiary/aromatic N) is 1. The smallest absolute Gasteiger partial charge is 0.163 e. The van der Waals surface area contributed by atoms with Crippen molar-refractivity contribution in [2.24, 2.45) is 0 Å². The van der Waals surface area contributed by atoms with Crippen LogP contribution in [0.5, 0.6) is 0 Å². The first-order valence-corrected chi connectivity index (χ1v) is 8.72. The molecular weight excluding hydrogens is 354 g/mol. The van der Waals surface area contributed by atoms with E-state index in [1.54, 1.807) is 0 Å². The number of hydrogen-bond acceptors (Lipinski definition) is 3. The van der Waals surface area contributed by atoms with Gasteiger partial charge in [-0.3, -0.25) is 4.79 Å². The van der Waals surface area contributed by atoms with Crippen LogP contribution in [-0.2, 0) is 11.2 Å². The fraction of sp³-hybridized carbons (Fsp3) is 0.316. The molecule has 1 heterocycles. The first-order valence-electron chi connectivity index (χ1n) is 7.93. The van der Waals surface area contributed by atoms with Crippen LogP contribution in [0, 0.1) is 0 Å². The third-order valence-corrected chi connectivity index (χ3v) is 4.65. The minimum atomic E-state index is 0.196. The fourth-order valence-electron chi connectivity index (χ4n) is 2.73. The number of anilines is 1. The number of halogens is 1. The summed E-state index contributed by atoms with van der Waals surface area (Å²) < 4.78 is 6.43. The number of morpholine rings is 1. The minimum absolute atomic E-state index is 0.196. The largest absolute Gasteiger partial charge is 0.378 e. The number of aryl methyl sites for hydroxylation is 1. The van der Waals surface area contributed by atoms with Crippen LogP contribution in [0.3, 0.4) is 0 Å². The van der Waals surface area contributed by atoms with Gasteiger partial charge >= 0.3 is 0 Å². The number of ether oxygens (including phenoxy) is 1. The molecule has 1 aliphatic heterocycles. The molecular formula is C19H20BrNO2. The molecule has 23 heavy (non-hydrogen) atoms. The molecule has 120 valence electrons. The zero-order valence-corrected chi connectivity index (χ0v) is 14.6. The number of ketones is 1. The van der Waals surface area contributed by atoms with E-state index in [1.165, 1.54) is 5.56 Å². The Kier molecular flexibility index (Phi) is 5.47. The Morgan fingerprint density at radius 3 is 2.30 bits per heavy atom. The van der Waals surface area contributed by atoms with Gasteiger partial charge in [0.25, 0.3) is 0 Å². The van der Waals surface area contributed by atoms with Gasteiger partial charge in [-0.25, -0.2) is 0 Å². The van der Waals surface area contributed by atoms with Crippen LogP contribution in [0.2, 0.25) is 0 Å². The molecule has 1 saturated heterocycles. The van der Waals surface area contributed by atoms with Crippen molar-refractivity contribution in [3.8, 4) is 0 Å². The molecule has 0 spiro atoms. The van der Waals surface area contributed by atoms with Crippen LogP contribution in [-0.4, -0.2) is 32.1 Å². The summed E-state index contributed by atoms with van der Waals surface area (Å²) in [5.41, 5.74) is 3.14. The molecule has 3 rings (SSSR count). The second kappa shape index (κ2) is 7.75. The summed E-state index contributed by atoms with van der Waals surface area (Å²) in [5, 5.41) is 0. The van der Waals surface area contributed by atoms with Crippen molar-refractivity contribution >= 4 is 27.4 Å². The SMILES string of the molecule is O=C(CCc1ccc(Br)cc1)c1ccc(N2CCOCC2)cc1. The van der Waals surface area contributed by atoms with Gasteiger partial charge in [0.1, 0.15) is 0 Å². The Labute approximate surface area is 145 Å². The first kappa shape index (κ1) is 16.2. The molecule has 1 fully saturated rings. The Morgan fingerprint density at radius 1 is 1.00 bits per heavy atom. The van der Waals surface area contributed by atoms with E-state index in [-0.39, 0.29) is 5.78 Å². The molecule has 0 radical (unpaired) electrons. The van der Waals surface area contributed by atoms with Gasteiger partial charge in [0, 0.05) is 35.2 Å². The van der Waals surface area contributed by atoms with Crippen LogP contribution in [0.15, 0.2) is 53.0 Å². The van der Waals surface area contributed by atoms with Crippen molar-refractivity contribution in [1.82, 2.24) is 0 Å². The highest BCUT2D eigenvalue weighted by Crippen LogP contribution is 2.18. The molecule has 0 atom stereocenters. The highest BCUT2D eigenvalue weighted by Gasteiger charge is 2.12. The van der Waals surface area contributed by atoms with Gasteiger partial charge in [0.15, 0.2) is 5.78 Å². The van der Waals surface area contributed by atoms with Crippen molar-refractivity contribution in [1.29, 1.82) is 0 Å². The van der Waals surface area contributed by atoms with Crippen molar-refractivity contribution in [3.63, 3.8) is 0 Å². The topological polar surface area (TPSA) is 29.5 Å². The highest BCUT2D eigenvalue weighted by atomic mass is 79.9. The van der Waals surface area contributed by atoms with Crippen LogP contribution in [0.4, 0.5) is 5.69 Å². The average Bonchev–Trinajstić information content (AvgIpc) is 2.62. The number of benzene rings is 2. The van der Waals surface area contributed by atoms with E-state index in [2.05, 4.69) is 33.0 Å². The summed E-state index contributed by atoms with van der Waals surface area (Å²) in [6.45, 7) is 3.37. The summed E-state index contributed by atoms with van der Waals surface area (Å²) >= 11 is 3.42. The Bertz CT molecular complexity index is 646. The molecule has 2 aromatic carbocycles. The molecule has 4 heteroatoms. The third-order valence-electron chi connectivity index (χ3n) is 4.12. The first-order chi connectivity index (χ1) is 11.2. The molecule has 0 N–H and O–H groups in total. The molecule has 0 aromatic heterocycles. The van der Waals surface area contributed by atoms with Crippen molar-refractivity contribution in [2.75, 3.05) is 31.2 Å².